The smallest absolute Gasteiger partial charge is 0.261 e. The van der Waals surface area contributed by atoms with Gasteiger partial charge in [0.25, 0.3) is 10.0 Å². The van der Waals surface area contributed by atoms with Crippen LogP contribution < -0.4 is 9.46 Å². The van der Waals surface area contributed by atoms with Crippen molar-refractivity contribution in [3.05, 3.63) is 90.4 Å². The molecule has 0 unspecified atom stereocenters. The van der Waals surface area contributed by atoms with Gasteiger partial charge in [0.15, 0.2) is 5.82 Å². The molecular weight excluding hydrogens is 412 g/mol. The number of pyridine rings is 1. The summed E-state index contributed by atoms with van der Waals surface area (Å²) in [5, 5.41) is 0. The summed E-state index contributed by atoms with van der Waals surface area (Å²) in [6.45, 7) is 3.76. The van der Waals surface area contributed by atoms with Gasteiger partial charge in [0.2, 0.25) is 5.88 Å². The molecule has 8 heteroatoms. The molecule has 2 aromatic carbocycles. The molecule has 2 heterocycles. The second-order valence-corrected chi connectivity index (χ2v) is 8.64. The van der Waals surface area contributed by atoms with Crippen molar-refractivity contribution in [2.45, 2.75) is 18.7 Å². The van der Waals surface area contributed by atoms with Crippen molar-refractivity contribution in [2.75, 3.05) is 4.72 Å². The summed E-state index contributed by atoms with van der Waals surface area (Å²) in [5.41, 5.74) is 2.97. The van der Waals surface area contributed by atoms with Gasteiger partial charge in [0.05, 0.1) is 4.90 Å². The van der Waals surface area contributed by atoms with Crippen molar-refractivity contribution in [3.8, 4) is 23.0 Å². The van der Waals surface area contributed by atoms with Crippen LogP contribution in [0.15, 0.2) is 84.0 Å². The SMILES string of the molecule is Cc1ccc(S(=O)(=O)Nc2ccc(Oc3cc(C)nc(-c4cccnc4)n3)cc2)cc1. The molecule has 0 amide bonds. The lowest BCUT2D eigenvalue weighted by Crippen LogP contribution is -2.12. The fourth-order valence-electron chi connectivity index (χ4n) is 2.86. The van der Waals surface area contributed by atoms with Gasteiger partial charge in [-0.1, -0.05) is 17.7 Å². The summed E-state index contributed by atoms with van der Waals surface area (Å²) in [4.78, 5) is 13.2. The third-order valence-corrected chi connectivity index (χ3v) is 5.81. The van der Waals surface area contributed by atoms with E-state index in [2.05, 4.69) is 19.7 Å². The monoisotopic (exact) mass is 432 g/mol. The normalized spacial score (nSPS) is 11.2. The maximum absolute atomic E-state index is 12.5. The molecule has 0 fully saturated rings. The van der Waals surface area contributed by atoms with Gasteiger partial charge in [-0.3, -0.25) is 9.71 Å². The molecule has 0 atom stereocenters. The van der Waals surface area contributed by atoms with Crippen molar-refractivity contribution >= 4 is 15.7 Å². The molecule has 0 aliphatic rings. The molecule has 0 saturated heterocycles. The Hall–Kier alpha value is -3.78. The van der Waals surface area contributed by atoms with Crippen LogP contribution in [-0.4, -0.2) is 23.4 Å². The van der Waals surface area contributed by atoms with E-state index >= 15 is 0 Å². The van der Waals surface area contributed by atoms with Gasteiger partial charge in [0, 0.05) is 35.4 Å². The predicted octanol–water partition coefficient (Wildman–Crippen LogP) is 4.75. The standard InChI is InChI=1S/C23H20N4O3S/c1-16-5-11-21(12-6-16)31(28,29)27-19-7-9-20(10-8-19)30-22-14-17(2)25-23(26-22)18-4-3-13-24-15-18/h3-15,27H,1-2H3. The first-order chi connectivity index (χ1) is 14.9. The molecular formula is C23H20N4O3S. The molecule has 2 aromatic heterocycles. The second-order valence-electron chi connectivity index (χ2n) is 6.96. The largest absolute Gasteiger partial charge is 0.439 e. The van der Waals surface area contributed by atoms with E-state index in [4.69, 9.17) is 4.74 Å². The number of ether oxygens (including phenoxy) is 1. The number of nitrogens with one attached hydrogen (secondary N) is 1. The van der Waals surface area contributed by atoms with Crippen molar-refractivity contribution in [1.82, 2.24) is 15.0 Å². The predicted molar refractivity (Wildman–Crippen MR) is 119 cm³/mol. The van der Waals surface area contributed by atoms with Crippen molar-refractivity contribution in [1.29, 1.82) is 0 Å². The average Bonchev–Trinajstić information content (AvgIpc) is 2.75. The molecule has 7 nitrogen and oxygen atoms in total. The van der Waals surface area contributed by atoms with Crippen LogP contribution in [0.5, 0.6) is 11.6 Å². The quantitative estimate of drug-likeness (QED) is 0.473. The third kappa shape index (κ3) is 5.04. The number of hydrogen-bond donors (Lipinski definition) is 1. The summed E-state index contributed by atoms with van der Waals surface area (Å²) in [6.07, 6.45) is 3.37. The lowest BCUT2D eigenvalue weighted by atomic mass is 10.2. The summed E-state index contributed by atoms with van der Waals surface area (Å²) in [6, 6.07) is 18.7. The maximum Gasteiger partial charge on any atom is 0.261 e. The van der Waals surface area contributed by atoms with Crippen LogP contribution in [0.25, 0.3) is 11.4 Å². The molecule has 4 rings (SSSR count). The average molecular weight is 433 g/mol. The lowest BCUT2D eigenvalue weighted by molar-refractivity contribution is 0.461. The highest BCUT2D eigenvalue weighted by atomic mass is 32.2. The zero-order chi connectivity index (χ0) is 21.8. The van der Waals surface area contributed by atoms with Gasteiger partial charge < -0.3 is 4.74 Å². The van der Waals surface area contributed by atoms with Crippen LogP contribution in [0.1, 0.15) is 11.3 Å². The number of aromatic nitrogens is 3. The molecule has 0 spiro atoms. The minimum absolute atomic E-state index is 0.206. The van der Waals surface area contributed by atoms with Gasteiger partial charge in [-0.2, -0.15) is 4.98 Å². The van der Waals surface area contributed by atoms with E-state index in [9.17, 15) is 8.42 Å². The Morgan fingerprint density at radius 3 is 2.32 bits per heavy atom. The summed E-state index contributed by atoms with van der Waals surface area (Å²) in [7, 11) is -3.66. The van der Waals surface area contributed by atoms with Gasteiger partial charge in [-0.05, 0) is 62.4 Å². The van der Waals surface area contributed by atoms with Crippen molar-refractivity contribution in [2.24, 2.45) is 0 Å². The highest BCUT2D eigenvalue weighted by molar-refractivity contribution is 7.92. The Labute approximate surface area is 180 Å². The number of benzene rings is 2. The Bertz CT molecular complexity index is 1290. The van der Waals surface area contributed by atoms with Gasteiger partial charge in [-0.25, -0.2) is 13.4 Å². The number of rotatable bonds is 6. The van der Waals surface area contributed by atoms with E-state index in [1.807, 2.05) is 26.0 Å². The minimum Gasteiger partial charge on any atom is -0.439 e. The number of sulfonamides is 1. The minimum atomic E-state index is -3.66. The number of aryl methyl sites for hydroxylation is 2. The third-order valence-electron chi connectivity index (χ3n) is 4.41. The highest BCUT2D eigenvalue weighted by Crippen LogP contribution is 2.25. The summed E-state index contributed by atoms with van der Waals surface area (Å²) in [5.74, 6) is 1.43. The number of nitrogens with zero attached hydrogens (tertiary/aromatic N) is 3. The number of anilines is 1. The molecule has 0 saturated carbocycles. The fourth-order valence-corrected chi connectivity index (χ4v) is 3.92. The molecule has 4 aromatic rings. The zero-order valence-electron chi connectivity index (χ0n) is 17.0. The van der Waals surface area contributed by atoms with Gasteiger partial charge in [-0.15, -0.1) is 0 Å². The van der Waals surface area contributed by atoms with Gasteiger partial charge in [0.1, 0.15) is 5.75 Å². The van der Waals surface area contributed by atoms with E-state index in [1.165, 1.54) is 0 Å². The van der Waals surface area contributed by atoms with E-state index in [0.29, 0.717) is 23.1 Å². The Balaban J connectivity index is 1.50. The van der Waals surface area contributed by atoms with Crippen LogP contribution in [-0.2, 0) is 10.0 Å². The Morgan fingerprint density at radius 1 is 0.903 bits per heavy atom. The summed E-state index contributed by atoms with van der Waals surface area (Å²) < 4.78 is 33.5. The first kappa shape index (κ1) is 20.5. The molecule has 1 N–H and O–H groups in total. The van der Waals surface area contributed by atoms with Gasteiger partial charge >= 0.3 is 0 Å². The van der Waals surface area contributed by atoms with Crippen LogP contribution in [0.2, 0.25) is 0 Å². The lowest BCUT2D eigenvalue weighted by Gasteiger charge is -2.10. The molecule has 0 aliphatic carbocycles. The van der Waals surface area contributed by atoms with E-state index in [1.54, 1.807) is 67.0 Å². The number of hydrogen-bond acceptors (Lipinski definition) is 6. The molecule has 0 aliphatic heterocycles. The Kier molecular flexibility index (Phi) is 5.64. The second kappa shape index (κ2) is 8.53. The highest BCUT2D eigenvalue weighted by Gasteiger charge is 2.14. The molecule has 156 valence electrons. The maximum atomic E-state index is 12.5. The first-order valence-corrected chi connectivity index (χ1v) is 11.0. The topological polar surface area (TPSA) is 94.1 Å². The van der Waals surface area contributed by atoms with E-state index in [-0.39, 0.29) is 4.90 Å². The van der Waals surface area contributed by atoms with E-state index in [0.717, 1.165) is 16.8 Å². The first-order valence-electron chi connectivity index (χ1n) is 9.52. The van der Waals surface area contributed by atoms with Crippen molar-refractivity contribution in [3.63, 3.8) is 0 Å². The fraction of sp³-hybridized carbons (Fsp3) is 0.0870. The molecule has 0 bridgehead atoms. The zero-order valence-corrected chi connectivity index (χ0v) is 17.8. The van der Waals surface area contributed by atoms with E-state index < -0.39 is 10.0 Å². The molecule has 0 radical (unpaired) electrons. The Morgan fingerprint density at radius 2 is 1.65 bits per heavy atom. The van der Waals surface area contributed by atoms with Crippen LogP contribution >= 0.6 is 0 Å². The van der Waals surface area contributed by atoms with Crippen molar-refractivity contribution < 1.29 is 13.2 Å². The van der Waals surface area contributed by atoms with Crippen LogP contribution in [0.4, 0.5) is 5.69 Å². The molecule has 31 heavy (non-hydrogen) atoms. The summed E-state index contributed by atoms with van der Waals surface area (Å²) >= 11 is 0. The van der Waals surface area contributed by atoms with Crippen LogP contribution in [0.3, 0.4) is 0 Å². The van der Waals surface area contributed by atoms with Crippen LogP contribution in [0, 0.1) is 13.8 Å².